The Morgan fingerprint density at radius 1 is 0.923 bits per heavy atom. The molecular weight excluding hydrogens is 162 g/mol. The Labute approximate surface area is 80.9 Å². The average molecular weight is 183 g/mol. The average Bonchev–Trinajstić information content (AvgIpc) is 2.33. The maximum Gasteiger partial charge on any atom is 0.0467 e. The summed E-state index contributed by atoms with van der Waals surface area (Å²) in [4.78, 5) is 0. The monoisotopic (exact) mass is 183 g/mol. The molecule has 2 aliphatic rings. The van der Waals surface area contributed by atoms with Crippen LogP contribution in [-0.2, 0) is 0 Å². The number of hydroxylamine groups is 2. The van der Waals surface area contributed by atoms with Crippen LogP contribution in [0.3, 0.4) is 0 Å². The minimum Gasteiger partial charge on any atom is -0.313 e. The highest BCUT2D eigenvalue weighted by Crippen LogP contribution is 2.47. The predicted molar refractivity (Wildman–Crippen MR) is 52.8 cm³/mol. The lowest BCUT2D eigenvalue weighted by atomic mass is 9.80. The van der Waals surface area contributed by atoms with Crippen molar-refractivity contribution < 1.29 is 5.21 Å². The molecule has 0 aromatic rings. The molecule has 0 bridgehead atoms. The quantitative estimate of drug-likeness (QED) is 0.624. The van der Waals surface area contributed by atoms with Gasteiger partial charge in [0.1, 0.15) is 0 Å². The number of rotatable bonds is 0. The molecule has 13 heavy (non-hydrogen) atoms. The smallest absolute Gasteiger partial charge is 0.0467 e. The van der Waals surface area contributed by atoms with E-state index in [4.69, 9.17) is 0 Å². The number of hydrogen-bond donors (Lipinski definition) is 1. The van der Waals surface area contributed by atoms with E-state index >= 15 is 0 Å². The van der Waals surface area contributed by atoms with Crippen LogP contribution in [0, 0.1) is 0 Å². The van der Waals surface area contributed by atoms with Crippen molar-refractivity contribution in [1.82, 2.24) is 5.06 Å². The van der Waals surface area contributed by atoms with Crippen LogP contribution in [0.5, 0.6) is 0 Å². The zero-order chi connectivity index (χ0) is 9.53. The summed E-state index contributed by atoms with van der Waals surface area (Å²) in [5.74, 6) is 0. The van der Waals surface area contributed by atoms with Crippen LogP contribution in [0.15, 0.2) is 0 Å². The fourth-order valence-electron chi connectivity index (χ4n) is 3.06. The molecule has 1 aliphatic heterocycles. The number of hydrogen-bond acceptors (Lipinski definition) is 2. The lowest BCUT2D eigenvalue weighted by molar-refractivity contribution is -0.210. The van der Waals surface area contributed by atoms with Crippen LogP contribution >= 0.6 is 0 Å². The molecule has 1 heterocycles. The van der Waals surface area contributed by atoms with Gasteiger partial charge in [0, 0.05) is 11.1 Å². The van der Waals surface area contributed by atoms with Crippen molar-refractivity contribution in [3.63, 3.8) is 0 Å². The molecule has 0 aromatic heterocycles. The summed E-state index contributed by atoms with van der Waals surface area (Å²) in [5.41, 5.74) is 0.166. The van der Waals surface area contributed by atoms with E-state index in [2.05, 4.69) is 13.8 Å². The summed E-state index contributed by atoms with van der Waals surface area (Å²) in [6, 6.07) is 0. The van der Waals surface area contributed by atoms with E-state index in [0.717, 1.165) is 6.42 Å². The SMILES string of the molecule is CC1(C)CCC2(CCCCC2)N1O. The van der Waals surface area contributed by atoms with E-state index in [-0.39, 0.29) is 11.1 Å². The third-order valence-corrected chi connectivity index (χ3v) is 4.01. The minimum atomic E-state index is 0.0112. The van der Waals surface area contributed by atoms with Crippen molar-refractivity contribution in [2.24, 2.45) is 0 Å². The van der Waals surface area contributed by atoms with Gasteiger partial charge in [-0.15, -0.1) is 0 Å². The van der Waals surface area contributed by atoms with Gasteiger partial charge in [0.05, 0.1) is 0 Å². The molecule has 2 heteroatoms. The van der Waals surface area contributed by atoms with Crippen molar-refractivity contribution in [2.45, 2.75) is 69.9 Å². The summed E-state index contributed by atoms with van der Waals surface area (Å²) in [6.07, 6.45) is 8.69. The molecular formula is C11H21NO. The summed E-state index contributed by atoms with van der Waals surface area (Å²) in [7, 11) is 0. The molecule has 0 unspecified atom stereocenters. The van der Waals surface area contributed by atoms with Gasteiger partial charge in [0.2, 0.25) is 0 Å². The van der Waals surface area contributed by atoms with Gasteiger partial charge in [0.25, 0.3) is 0 Å². The van der Waals surface area contributed by atoms with Crippen molar-refractivity contribution in [1.29, 1.82) is 0 Å². The normalized spacial score (nSPS) is 32.5. The van der Waals surface area contributed by atoms with E-state index < -0.39 is 0 Å². The molecule has 2 rings (SSSR count). The van der Waals surface area contributed by atoms with Gasteiger partial charge in [-0.05, 0) is 39.5 Å². The maximum atomic E-state index is 10.2. The topological polar surface area (TPSA) is 23.5 Å². The van der Waals surface area contributed by atoms with Crippen molar-refractivity contribution in [3.05, 3.63) is 0 Å². The Kier molecular flexibility index (Phi) is 2.16. The van der Waals surface area contributed by atoms with E-state index in [1.807, 2.05) is 0 Å². The first-order valence-electron chi connectivity index (χ1n) is 5.56. The molecule has 2 fully saturated rings. The fourth-order valence-corrected chi connectivity index (χ4v) is 3.06. The molecule has 76 valence electrons. The van der Waals surface area contributed by atoms with Gasteiger partial charge in [-0.25, -0.2) is 0 Å². The number of nitrogens with zero attached hydrogens (tertiary/aromatic N) is 1. The molecule has 0 aromatic carbocycles. The third kappa shape index (κ3) is 1.40. The fraction of sp³-hybridized carbons (Fsp3) is 1.00. The second kappa shape index (κ2) is 2.96. The first-order chi connectivity index (χ1) is 6.07. The zero-order valence-electron chi connectivity index (χ0n) is 8.84. The summed E-state index contributed by atoms with van der Waals surface area (Å²) in [5, 5.41) is 11.8. The molecule has 2 nitrogen and oxygen atoms in total. The van der Waals surface area contributed by atoms with Gasteiger partial charge >= 0.3 is 0 Å². The third-order valence-electron chi connectivity index (χ3n) is 4.01. The molecule has 1 saturated heterocycles. The first kappa shape index (κ1) is 9.47. The minimum absolute atomic E-state index is 0.0112. The second-order valence-electron chi connectivity index (χ2n) is 5.41. The molecule has 1 spiro atoms. The van der Waals surface area contributed by atoms with Gasteiger partial charge in [-0.3, -0.25) is 0 Å². The highest BCUT2D eigenvalue weighted by atomic mass is 16.5. The largest absolute Gasteiger partial charge is 0.313 e. The van der Waals surface area contributed by atoms with Crippen LogP contribution in [0.2, 0.25) is 0 Å². The van der Waals surface area contributed by atoms with Gasteiger partial charge in [-0.1, -0.05) is 19.3 Å². The Hall–Kier alpha value is -0.0800. The summed E-state index contributed by atoms with van der Waals surface area (Å²) >= 11 is 0. The molecule has 0 atom stereocenters. The molecule has 1 aliphatic carbocycles. The molecule has 1 N–H and O–H groups in total. The molecule has 0 radical (unpaired) electrons. The van der Waals surface area contributed by atoms with Crippen molar-refractivity contribution >= 4 is 0 Å². The van der Waals surface area contributed by atoms with Crippen molar-refractivity contribution in [2.75, 3.05) is 0 Å². The highest BCUT2D eigenvalue weighted by molar-refractivity contribution is 5.02. The Balaban J connectivity index is 2.15. The molecule has 1 saturated carbocycles. The summed E-state index contributed by atoms with van der Waals surface area (Å²) < 4.78 is 0. The second-order valence-corrected chi connectivity index (χ2v) is 5.41. The molecule has 0 amide bonds. The lowest BCUT2D eigenvalue weighted by Gasteiger charge is -2.42. The Morgan fingerprint density at radius 3 is 2.00 bits per heavy atom. The van der Waals surface area contributed by atoms with Crippen molar-refractivity contribution in [3.8, 4) is 0 Å². The Bertz CT molecular complexity index is 194. The van der Waals surface area contributed by atoms with Crippen LogP contribution in [0.25, 0.3) is 0 Å². The Morgan fingerprint density at radius 2 is 1.54 bits per heavy atom. The van der Waals surface area contributed by atoms with Crippen LogP contribution in [0.1, 0.15) is 58.8 Å². The van der Waals surface area contributed by atoms with E-state index in [0.29, 0.717) is 0 Å². The maximum absolute atomic E-state index is 10.2. The van der Waals surface area contributed by atoms with Gasteiger partial charge < -0.3 is 5.21 Å². The highest BCUT2D eigenvalue weighted by Gasteiger charge is 2.49. The summed E-state index contributed by atoms with van der Waals surface area (Å²) in [6.45, 7) is 4.30. The predicted octanol–water partition coefficient (Wildman–Crippen LogP) is 2.95. The lowest BCUT2D eigenvalue weighted by Crippen LogP contribution is -2.50. The van der Waals surface area contributed by atoms with Crippen LogP contribution in [-0.4, -0.2) is 21.3 Å². The standard InChI is InChI=1S/C11H21NO/c1-10(2)8-9-11(12(10)13)6-4-3-5-7-11/h13H,3-9H2,1-2H3. The van der Waals surface area contributed by atoms with E-state index in [1.165, 1.54) is 38.5 Å². The van der Waals surface area contributed by atoms with Gasteiger partial charge in [-0.2, -0.15) is 5.06 Å². The first-order valence-corrected chi connectivity index (χ1v) is 5.56. The van der Waals surface area contributed by atoms with E-state index in [1.54, 1.807) is 5.06 Å². The zero-order valence-corrected chi connectivity index (χ0v) is 8.84. The van der Waals surface area contributed by atoms with Gasteiger partial charge in [0.15, 0.2) is 0 Å². The van der Waals surface area contributed by atoms with Crippen LogP contribution < -0.4 is 0 Å². The van der Waals surface area contributed by atoms with E-state index in [9.17, 15) is 5.21 Å². The van der Waals surface area contributed by atoms with Crippen LogP contribution in [0.4, 0.5) is 0 Å².